The number of benzene rings is 2. The van der Waals surface area contributed by atoms with Gasteiger partial charge in [0.1, 0.15) is 18.2 Å². The SMILES string of the molecule is NC(=O)CCn1c(SCC(O)COc2ccc(-c3ccccc3)cc2)nnc1C1CC1. The number of primary amides is 1. The summed E-state index contributed by atoms with van der Waals surface area (Å²) in [5, 5.41) is 19.6. The lowest BCUT2D eigenvalue weighted by Crippen LogP contribution is -2.20. The lowest BCUT2D eigenvalue weighted by atomic mass is 10.1. The van der Waals surface area contributed by atoms with Gasteiger partial charge in [-0.15, -0.1) is 10.2 Å². The predicted octanol–water partition coefficient (Wildman–Crippen LogP) is 3.23. The molecule has 1 aliphatic carbocycles. The van der Waals surface area contributed by atoms with Crippen LogP contribution in [0.25, 0.3) is 11.1 Å². The van der Waals surface area contributed by atoms with Gasteiger partial charge >= 0.3 is 0 Å². The molecule has 0 saturated heterocycles. The summed E-state index contributed by atoms with van der Waals surface area (Å²) in [7, 11) is 0. The van der Waals surface area contributed by atoms with Gasteiger partial charge in [0.2, 0.25) is 5.91 Å². The maximum atomic E-state index is 11.2. The minimum atomic E-state index is -0.663. The Morgan fingerprint density at radius 2 is 1.84 bits per heavy atom. The normalized spacial score (nSPS) is 14.4. The van der Waals surface area contributed by atoms with Gasteiger partial charge in [0.25, 0.3) is 0 Å². The molecule has 0 radical (unpaired) electrons. The van der Waals surface area contributed by atoms with Gasteiger partial charge < -0.3 is 20.1 Å². The molecule has 0 spiro atoms. The number of thioether (sulfide) groups is 1. The largest absolute Gasteiger partial charge is 0.491 e. The van der Waals surface area contributed by atoms with E-state index < -0.39 is 6.10 Å². The fourth-order valence-electron chi connectivity index (χ4n) is 3.27. The second-order valence-electron chi connectivity index (χ2n) is 7.65. The topological polar surface area (TPSA) is 103 Å². The van der Waals surface area contributed by atoms with Crippen LogP contribution < -0.4 is 10.5 Å². The van der Waals surface area contributed by atoms with Gasteiger partial charge in [-0.05, 0) is 36.1 Å². The molecule has 1 saturated carbocycles. The molecule has 31 heavy (non-hydrogen) atoms. The highest BCUT2D eigenvalue weighted by molar-refractivity contribution is 7.99. The third-order valence-corrected chi connectivity index (χ3v) is 6.19. The van der Waals surface area contributed by atoms with Crippen LogP contribution >= 0.6 is 11.8 Å². The zero-order chi connectivity index (χ0) is 21.6. The number of hydrogen-bond donors (Lipinski definition) is 2. The molecule has 2 aromatic carbocycles. The van der Waals surface area contributed by atoms with Crippen molar-refractivity contribution in [1.29, 1.82) is 0 Å². The van der Waals surface area contributed by atoms with E-state index in [4.69, 9.17) is 10.5 Å². The van der Waals surface area contributed by atoms with E-state index in [1.165, 1.54) is 11.8 Å². The zero-order valence-electron chi connectivity index (χ0n) is 17.2. The Morgan fingerprint density at radius 1 is 1.13 bits per heavy atom. The van der Waals surface area contributed by atoms with E-state index in [-0.39, 0.29) is 18.9 Å². The number of carbonyl (C=O) groups is 1. The smallest absolute Gasteiger partial charge is 0.219 e. The molecular weight excluding hydrogens is 412 g/mol. The molecule has 1 fully saturated rings. The van der Waals surface area contributed by atoms with Crippen LogP contribution in [0, 0.1) is 0 Å². The molecule has 4 rings (SSSR count). The van der Waals surface area contributed by atoms with Gasteiger partial charge in [0.15, 0.2) is 5.16 Å². The molecule has 3 N–H and O–H groups in total. The first-order valence-corrected chi connectivity index (χ1v) is 11.4. The first kappa shape index (κ1) is 21.4. The molecule has 1 aromatic heterocycles. The maximum absolute atomic E-state index is 11.2. The van der Waals surface area contributed by atoms with E-state index in [0.29, 0.717) is 29.1 Å². The van der Waals surface area contributed by atoms with Gasteiger partial charge in [-0.2, -0.15) is 0 Å². The average Bonchev–Trinajstić information content (AvgIpc) is 3.56. The summed E-state index contributed by atoms with van der Waals surface area (Å²) in [6.07, 6.45) is 1.78. The number of amides is 1. The monoisotopic (exact) mass is 438 g/mol. The molecule has 3 aromatic rings. The van der Waals surface area contributed by atoms with E-state index in [9.17, 15) is 9.90 Å². The number of ether oxygens (including phenoxy) is 1. The first-order valence-electron chi connectivity index (χ1n) is 10.4. The first-order chi connectivity index (χ1) is 15.1. The van der Waals surface area contributed by atoms with E-state index in [1.807, 2.05) is 47.0 Å². The Balaban J connectivity index is 1.28. The third-order valence-electron chi connectivity index (χ3n) is 5.08. The van der Waals surface area contributed by atoms with Crippen LogP contribution in [0.1, 0.15) is 31.0 Å². The van der Waals surface area contributed by atoms with E-state index >= 15 is 0 Å². The summed E-state index contributed by atoms with van der Waals surface area (Å²) in [6, 6.07) is 18.0. The fourth-order valence-corrected chi connectivity index (χ4v) is 4.14. The van der Waals surface area contributed by atoms with Crippen LogP contribution in [0.2, 0.25) is 0 Å². The van der Waals surface area contributed by atoms with Crippen LogP contribution in [0.3, 0.4) is 0 Å². The van der Waals surface area contributed by atoms with Gasteiger partial charge in [0.05, 0.1) is 6.10 Å². The quantitative estimate of drug-likeness (QED) is 0.446. The Kier molecular flexibility index (Phi) is 6.89. The Morgan fingerprint density at radius 3 is 2.52 bits per heavy atom. The van der Waals surface area contributed by atoms with Crippen molar-refractivity contribution in [3.8, 4) is 16.9 Å². The Labute approximate surface area is 185 Å². The van der Waals surface area contributed by atoms with Crippen LogP contribution in [0.5, 0.6) is 5.75 Å². The Bertz CT molecular complexity index is 1000. The number of aliphatic hydroxyl groups excluding tert-OH is 1. The molecule has 1 heterocycles. The minimum absolute atomic E-state index is 0.183. The Hall–Kier alpha value is -2.84. The third kappa shape index (κ3) is 5.86. The summed E-state index contributed by atoms with van der Waals surface area (Å²) in [4.78, 5) is 11.2. The summed E-state index contributed by atoms with van der Waals surface area (Å²) < 4.78 is 7.70. The van der Waals surface area contributed by atoms with Crippen LogP contribution in [-0.2, 0) is 11.3 Å². The number of aliphatic hydroxyl groups is 1. The van der Waals surface area contributed by atoms with Crippen molar-refractivity contribution >= 4 is 17.7 Å². The second kappa shape index (κ2) is 9.98. The van der Waals surface area contributed by atoms with Crippen molar-refractivity contribution in [2.24, 2.45) is 5.73 Å². The highest BCUT2D eigenvalue weighted by Crippen LogP contribution is 2.40. The number of nitrogens with zero attached hydrogens (tertiary/aromatic N) is 3. The number of rotatable bonds is 11. The zero-order valence-corrected chi connectivity index (χ0v) is 18.0. The number of aromatic nitrogens is 3. The van der Waals surface area contributed by atoms with Crippen molar-refractivity contribution < 1.29 is 14.6 Å². The van der Waals surface area contributed by atoms with Crippen LogP contribution in [0.4, 0.5) is 0 Å². The van der Waals surface area contributed by atoms with Gasteiger partial charge in [-0.3, -0.25) is 4.79 Å². The van der Waals surface area contributed by atoms with Gasteiger partial charge in [-0.25, -0.2) is 0 Å². The molecule has 1 aliphatic rings. The standard InChI is InChI=1S/C23H26N4O3S/c24-21(29)12-13-27-22(18-6-7-18)25-26-23(27)31-15-19(28)14-30-20-10-8-17(9-11-20)16-4-2-1-3-5-16/h1-5,8-11,18-19,28H,6-7,12-15H2,(H2,24,29). The fraction of sp³-hybridized carbons (Fsp3) is 0.348. The molecule has 1 unspecified atom stereocenters. The van der Waals surface area contributed by atoms with Crippen molar-refractivity contribution in [3.63, 3.8) is 0 Å². The summed E-state index contributed by atoms with van der Waals surface area (Å²) >= 11 is 1.41. The molecule has 0 bridgehead atoms. The molecule has 7 nitrogen and oxygen atoms in total. The van der Waals surface area contributed by atoms with E-state index in [1.54, 1.807) is 0 Å². The minimum Gasteiger partial charge on any atom is -0.491 e. The lowest BCUT2D eigenvalue weighted by molar-refractivity contribution is -0.118. The summed E-state index contributed by atoms with van der Waals surface area (Å²) in [5.41, 5.74) is 7.57. The van der Waals surface area contributed by atoms with Crippen molar-refractivity contribution in [2.45, 2.75) is 43.0 Å². The van der Waals surface area contributed by atoms with Crippen LogP contribution in [-0.4, -0.2) is 44.2 Å². The summed E-state index contributed by atoms with van der Waals surface area (Å²) in [6.45, 7) is 0.652. The van der Waals surface area contributed by atoms with Crippen molar-refractivity contribution in [1.82, 2.24) is 14.8 Å². The second-order valence-corrected chi connectivity index (χ2v) is 8.64. The maximum Gasteiger partial charge on any atom is 0.219 e. The van der Waals surface area contributed by atoms with Gasteiger partial charge in [0, 0.05) is 24.6 Å². The predicted molar refractivity (Wildman–Crippen MR) is 120 cm³/mol. The number of nitrogens with two attached hydrogens (primary N) is 1. The molecule has 1 amide bonds. The van der Waals surface area contributed by atoms with Crippen molar-refractivity contribution in [3.05, 3.63) is 60.4 Å². The van der Waals surface area contributed by atoms with Gasteiger partial charge in [-0.1, -0.05) is 54.2 Å². The number of hydrogen-bond acceptors (Lipinski definition) is 6. The average molecular weight is 439 g/mol. The highest BCUT2D eigenvalue weighted by atomic mass is 32.2. The highest BCUT2D eigenvalue weighted by Gasteiger charge is 2.30. The molecule has 8 heteroatoms. The molecule has 0 aliphatic heterocycles. The van der Waals surface area contributed by atoms with Crippen molar-refractivity contribution in [2.75, 3.05) is 12.4 Å². The van der Waals surface area contributed by atoms with E-state index in [0.717, 1.165) is 29.8 Å². The molecule has 1 atom stereocenters. The lowest BCUT2D eigenvalue weighted by Gasteiger charge is -2.13. The van der Waals surface area contributed by atoms with E-state index in [2.05, 4.69) is 22.3 Å². The summed E-state index contributed by atoms with van der Waals surface area (Å²) in [5.74, 6) is 2.11. The molecule has 162 valence electrons. The number of carbonyl (C=O) groups excluding carboxylic acids is 1. The van der Waals surface area contributed by atoms with Crippen LogP contribution in [0.15, 0.2) is 59.8 Å². The molecular formula is C23H26N4O3S.